The van der Waals surface area contributed by atoms with E-state index in [1.165, 1.54) is 0 Å². The number of methoxy groups -OCH3 is 1. The number of hydrogen-bond acceptors (Lipinski definition) is 3. The van der Waals surface area contributed by atoms with Crippen molar-refractivity contribution < 1.29 is 9.47 Å². The van der Waals surface area contributed by atoms with E-state index in [0.717, 1.165) is 11.9 Å². The van der Waals surface area contributed by atoms with Crippen molar-refractivity contribution in [1.82, 2.24) is 0 Å². The fourth-order valence-corrected chi connectivity index (χ4v) is 0.528. The van der Waals surface area contributed by atoms with Crippen LogP contribution in [-0.2, 0) is 21.3 Å². The first-order chi connectivity index (χ1) is 4.91. The predicted octanol–water partition coefficient (Wildman–Crippen LogP) is 1.64. The molecule has 0 aromatic heterocycles. The molecule has 0 unspecified atom stereocenters. The quantitative estimate of drug-likeness (QED) is 0.418. The van der Waals surface area contributed by atoms with E-state index in [9.17, 15) is 0 Å². The van der Waals surface area contributed by atoms with Gasteiger partial charge < -0.3 is 9.47 Å². The lowest BCUT2D eigenvalue weighted by Gasteiger charge is -1.98. The van der Waals surface area contributed by atoms with Gasteiger partial charge in [0.15, 0.2) is 0 Å². The molecule has 0 fully saturated rings. The van der Waals surface area contributed by atoms with Crippen molar-refractivity contribution >= 4 is 35.8 Å². The van der Waals surface area contributed by atoms with Gasteiger partial charge in [-0.3, -0.25) is 0 Å². The summed E-state index contributed by atoms with van der Waals surface area (Å²) >= 11 is 7.12. The molecule has 0 aromatic rings. The summed E-state index contributed by atoms with van der Waals surface area (Å²) in [4.78, 5) is 0. The van der Waals surface area contributed by atoms with Gasteiger partial charge >= 0.3 is 0 Å². The van der Waals surface area contributed by atoms with E-state index in [-0.39, 0.29) is 0 Å². The van der Waals surface area contributed by atoms with Crippen molar-refractivity contribution in [2.75, 3.05) is 32.3 Å². The van der Waals surface area contributed by atoms with Crippen LogP contribution in [0.1, 0.15) is 0 Å². The van der Waals surface area contributed by atoms with E-state index in [2.05, 4.69) is 35.8 Å². The Bertz CT molecular complexity index is 52.9. The maximum atomic E-state index is 5.05. The lowest BCUT2D eigenvalue weighted by molar-refractivity contribution is 0.0793. The molecule has 0 rings (SSSR count). The first-order valence-corrected chi connectivity index (χ1v) is 5.50. The summed E-state index contributed by atoms with van der Waals surface area (Å²) < 4.78 is 9.80. The molecule has 0 aliphatic carbocycles. The lowest BCUT2D eigenvalue weighted by Crippen LogP contribution is -2.02. The molecule has 0 spiro atoms. The molecule has 62 valence electrons. The number of halogens is 1. The second-order valence-electron chi connectivity index (χ2n) is 1.29. The summed E-state index contributed by atoms with van der Waals surface area (Å²) in [7, 11) is 4.22. The first-order valence-electron chi connectivity index (χ1n) is 2.75. The largest absolute Gasteiger partial charge is 0.382 e. The topological polar surface area (TPSA) is 18.5 Å². The Morgan fingerprint density at radius 3 is 2.30 bits per heavy atom. The second kappa shape index (κ2) is 16.5. The molecule has 2 nitrogen and oxygen atoms in total. The molecule has 10 heavy (non-hydrogen) atoms. The van der Waals surface area contributed by atoms with Gasteiger partial charge in [0.1, 0.15) is 0 Å². The molecule has 0 aliphatic heterocycles. The van der Waals surface area contributed by atoms with Gasteiger partial charge in [0.2, 0.25) is 0 Å². The smallest absolute Gasteiger partial charge is 0.0700 e. The summed E-state index contributed by atoms with van der Waals surface area (Å²) in [6.07, 6.45) is 0. The van der Waals surface area contributed by atoms with Crippen LogP contribution in [0.25, 0.3) is 0 Å². The number of ether oxygens (including phenoxy) is 2. The molecule has 0 saturated heterocycles. The molecule has 0 bridgehead atoms. The highest BCUT2D eigenvalue weighted by atomic mass is 79.9. The average Bonchev–Trinajstić information content (AvgIpc) is 2.02. The Balaban J connectivity index is 0. The Morgan fingerprint density at radius 2 is 1.90 bits per heavy atom. The fraction of sp³-hybridized carbons (Fsp3) is 1.00. The molecule has 0 aromatic carbocycles. The van der Waals surface area contributed by atoms with Gasteiger partial charge in [0, 0.05) is 12.4 Å². The van der Waals surface area contributed by atoms with Crippen LogP contribution in [0.15, 0.2) is 0 Å². The Kier molecular flexibility index (Phi) is 22.3. The summed E-state index contributed by atoms with van der Waals surface area (Å²) in [5, 5.41) is 0.900. The first kappa shape index (κ1) is 13.5. The van der Waals surface area contributed by atoms with Crippen LogP contribution in [0.4, 0.5) is 0 Å². The molecule has 0 aliphatic rings. The zero-order valence-corrected chi connectivity index (χ0v) is 9.33. The number of alkyl halides is 1. The fourth-order valence-electron chi connectivity index (χ4n) is 0.299. The van der Waals surface area contributed by atoms with Crippen molar-refractivity contribution in [2.24, 2.45) is 0 Å². The van der Waals surface area contributed by atoms with Crippen LogP contribution in [-0.4, -0.2) is 32.3 Å². The third-order valence-electron chi connectivity index (χ3n) is 0.653. The van der Waals surface area contributed by atoms with Crippen molar-refractivity contribution in [3.05, 3.63) is 0 Å². The van der Waals surface area contributed by atoms with Crippen molar-refractivity contribution in [3.8, 4) is 0 Å². The minimum absolute atomic E-state index is 0.688. The second-order valence-corrected chi connectivity index (χ2v) is 2.09. The third-order valence-corrected chi connectivity index (χ3v) is 0.977. The molecule has 0 amide bonds. The van der Waals surface area contributed by atoms with Gasteiger partial charge in [-0.1, -0.05) is 27.7 Å². The van der Waals surface area contributed by atoms with E-state index in [4.69, 9.17) is 9.47 Å². The van der Waals surface area contributed by atoms with E-state index in [1.54, 1.807) is 7.11 Å². The van der Waals surface area contributed by atoms with Crippen LogP contribution >= 0.6 is 23.9 Å². The Morgan fingerprint density at radius 1 is 1.30 bits per heavy atom. The van der Waals surface area contributed by atoms with Gasteiger partial charge in [-0.25, -0.2) is 0 Å². The lowest BCUT2D eigenvalue weighted by atomic mass is 10.7. The molecular formula is C5H12BrO2PS. The van der Waals surface area contributed by atoms with E-state index >= 15 is 0 Å². The monoisotopic (exact) mass is 246 g/mol. The van der Waals surface area contributed by atoms with E-state index in [1.807, 2.05) is 0 Å². The molecule has 0 atom stereocenters. The van der Waals surface area contributed by atoms with Gasteiger partial charge in [-0.05, 0) is 8.02 Å². The maximum absolute atomic E-state index is 5.05. The molecule has 0 saturated carbocycles. The Labute approximate surface area is 77.7 Å². The molecule has 0 radical (unpaired) electrons. The SMILES string of the molecule is COCCOCCBr.P=S. The minimum atomic E-state index is 0.688. The summed E-state index contributed by atoms with van der Waals surface area (Å²) in [5.41, 5.74) is 0. The summed E-state index contributed by atoms with van der Waals surface area (Å²) in [5.74, 6) is 0. The minimum Gasteiger partial charge on any atom is -0.382 e. The van der Waals surface area contributed by atoms with Crippen LogP contribution in [0, 0.1) is 0 Å². The van der Waals surface area contributed by atoms with Crippen molar-refractivity contribution in [1.29, 1.82) is 0 Å². The normalized spacial score (nSPS) is 8.20. The van der Waals surface area contributed by atoms with Crippen LogP contribution in [0.5, 0.6) is 0 Å². The highest BCUT2D eigenvalue weighted by Gasteiger charge is 1.82. The van der Waals surface area contributed by atoms with Gasteiger partial charge in [-0.15, -0.1) is 0 Å². The Hall–Kier alpha value is 0.920. The van der Waals surface area contributed by atoms with Crippen LogP contribution < -0.4 is 0 Å². The van der Waals surface area contributed by atoms with Crippen molar-refractivity contribution in [2.45, 2.75) is 0 Å². The third kappa shape index (κ3) is 16.0. The van der Waals surface area contributed by atoms with Crippen LogP contribution in [0.2, 0.25) is 0 Å². The van der Waals surface area contributed by atoms with Gasteiger partial charge in [0.25, 0.3) is 0 Å². The van der Waals surface area contributed by atoms with E-state index < -0.39 is 0 Å². The molecule has 5 heteroatoms. The zero-order valence-electron chi connectivity index (χ0n) is 5.93. The zero-order chi connectivity index (χ0) is 8.24. The van der Waals surface area contributed by atoms with Gasteiger partial charge in [0.05, 0.1) is 19.8 Å². The number of hydrogen-bond donors (Lipinski definition) is 0. The molecular weight excluding hydrogens is 235 g/mol. The predicted molar refractivity (Wildman–Crippen MR) is 52.2 cm³/mol. The van der Waals surface area contributed by atoms with Gasteiger partial charge in [-0.2, -0.15) is 0 Å². The molecule has 0 N–H and O–H groups in total. The highest BCUT2D eigenvalue weighted by molar-refractivity contribution is 9.09. The van der Waals surface area contributed by atoms with Crippen molar-refractivity contribution in [3.63, 3.8) is 0 Å². The number of rotatable bonds is 5. The summed E-state index contributed by atoms with van der Waals surface area (Å²) in [6, 6.07) is 0. The average molecular weight is 247 g/mol. The maximum Gasteiger partial charge on any atom is 0.0700 e. The summed E-state index contributed by atoms with van der Waals surface area (Å²) in [6.45, 7) is 2.15. The highest BCUT2D eigenvalue weighted by Crippen LogP contribution is 1.80. The van der Waals surface area contributed by atoms with E-state index in [0.29, 0.717) is 13.2 Å². The van der Waals surface area contributed by atoms with Crippen LogP contribution in [0.3, 0.4) is 0 Å². The molecule has 0 heterocycles. The standard InChI is InChI=1S/C5H11BrO2.HPS/c1-7-4-5-8-3-2-6;1-2/h2-5H2,1H3;1H.